The van der Waals surface area contributed by atoms with Crippen LogP contribution in [-0.2, 0) is 9.22 Å². The molecule has 2 nitrogen and oxygen atoms in total. The quantitative estimate of drug-likeness (QED) is 0.445. The highest BCUT2D eigenvalue weighted by Gasteiger charge is 2.38. The molecule has 0 aromatic carbocycles. The first-order valence-corrected chi connectivity index (χ1v) is 12.9. The molecule has 1 atom stereocenters. The van der Waals surface area contributed by atoms with Gasteiger partial charge in [0.25, 0.3) is 0 Å². The van der Waals surface area contributed by atoms with Crippen LogP contribution in [0, 0.1) is 11.5 Å². The van der Waals surface area contributed by atoms with E-state index in [2.05, 4.69) is 65.0 Å². The molecule has 0 aromatic rings. The van der Waals surface area contributed by atoms with E-state index in [1.165, 1.54) is 0 Å². The maximum atomic E-state index is 10.8. The van der Waals surface area contributed by atoms with Gasteiger partial charge in [0.05, 0.1) is 0 Å². The minimum absolute atomic E-state index is 0.148. The van der Waals surface area contributed by atoms with Crippen molar-refractivity contribution in [2.24, 2.45) is 0 Å². The zero-order chi connectivity index (χ0) is 14.6. The van der Waals surface area contributed by atoms with Crippen LogP contribution in [-0.4, -0.2) is 28.8 Å². The first-order valence-electron chi connectivity index (χ1n) is 6.53. The van der Waals surface area contributed by atoms with E-state index in [-0.39, 0.29) is 11.1 Å². The SMILES string of the molecule is CC(C)(C)[Si](C)(C)O[C@H](C#C[Si](C)(C)C)CC=O. The van der Waals surface area contributed by atoms with Crippen LogP contribution in [0.25, 0.3) is 0 Å². The van der Waals surface area contributed by atoms with E-state index in [0.29, 0.717) is 6.42 Å². The van der Waals surface area contributed by atoms with Crippen molar-refractivity contribution in [2.75, 3.05) is 0 Å². The third-order valence-electron chi connectivity index (χ3n) is 3.16. The third-order valence-corrected chi connectivity index (χ3v) is 8.54. The molecule has 0 N–H and O–H groups in total. The summed E-state index contributed by atoms with van der Waals surface area (Å²) in [6, 6.07) is 0. The van der Waals surface area contributed by atoms with E-state index in [1.807, 2.05) is 0 Å². The van der Waals surface area contributed by atoms with Gasteiger partial charge in [-0.2, -0.15) is 0 Å². The van der Waals surface area contributed by atoms with Gasteiger partial charge >= 0.3 is 0 Å². The summed E-state index contributed by atoms with van der Waals surface area (Å²) in [5.41, 5.74) is 3.31. The van der Waals surface area contributed by atoms with E-state index in [4.69, 9.17) is 4.43 Å². The molecule has 0 fully saturated rings. The van der Waals surface area contributed by atoms with Gasteiger partial charge in [-0.1, -0.05) is 46.3 Å². The average Bonchev–Trinajstić information content (AvgIpc) is 2.11. The molecule has 0 radical (unpaired) electrons. The maximum absolute atomic E-state index is 10.8. The Labute approximate surface area is 115 Å². The van der Waals surface area contributed by atoms with Crippen LogP contribution in [0.1, 0.15) is 27.2 Å². The van der Waals surface area contributed by atoms with Crippen molar-refractivity contribution in [1.29, 1.82) is 0 Å². The lowest BCUT2D eigenvalue weighted by atomic mass is 10.2. The largest absolute Gasteiger partial charge is 0.403 e. The molecule has 0 rings (SSSR count). The van der Waals surface area contributed by atoms with E-state index < -0.39 is 16.4 Å². The second-order valence-corrected chi connectivity index (χ2v) is 16.8. The van der Waals surface area contributed by atoms with Crippen LogP contribution >= 0.6 is 0 Å². The summed E-state index contributed by atoms with van der Waals surface area (Å²) in [6.45, 7) is 17.6. The van der Waals surface area contributed by atoms with E-state index in [9.17, 15) is 4.79 Å². The summed E-state index contributed by atoms with van der Waals surface area (Å²) in [5, 5.41) is 0.148. The molecule has 0 aromatic heterocycles. The monoisotopic (exact) mass is 284 g/mol. The van der Waals surface area contributed by atoms with Crippen molar-refractivity contribution in [2.45, 2.75) is 71.1 Å². The van der Waals surface area contributed by atoms with E-state index in [1.54, 1.807) is 0 Å². The van der Waals surface area contributed by atoms with Crippen LogP contribution < -0.4 is 0 Å². The van der Waals surface area contributed by atoms with Crippen LogP contribution in [0.4, 0.5) is 0 Å². The minimum Gasteiger partial charge on any atom is -0.403 e. The number of hydrogen-bond donors (Lipinski definition) is 0. The third kappa shape index (κ3) is 6.53. The summed E-state index contributed by atoms with van der Waals surface area (Å²) in [7, 11) is -3.26. The number of carbonyl (C=O) groups is 1. The number of rotatable bonds is 4. The number of hydrogen-bond acceptors (Lipinski definition) is 2. The Bertz CT molecular complexity index is 338. The van der Waals surface area contributed by atoms with Gasteiger partial charge in [0.1, 0.15) is 20.5 Å². The first-order chi connectivity index (χ1) is 7.89. The molecule has 0 aliphatic carbocycles. The summed E-state index contributed by atoms with van der Waals surface area (Å²) in [4.78, 5) is 10.8. The smallest absolute Gasteiger partial charge is 0.193 e. The maximum Gasteiger partial charge on any atom is 0.193 e. The fourth-order valence-corrected chi connectivity index (χ4v) is 2.87. The fourth-order valence-electron chi connectivity index (χ4n) is 1.05. The lowest BCUT2D eigenvalue weighted by Crippen LogP contribution is -2.43. The zero-order valence-electron chi connectivity index (χ0n) is 13.2. The van der Waals surface area contributed by atoms with Crippen LogP contribution in [0.2, 0.25) is 37.8 Å². The highest BCUT2D eigenvalue weighted by Crippen LogP contribution is 2.37. The molecule has 104 valence electrons. The van der Waals surface area contributed by atoms with Gasteiger partial charge in [-0.3, -0.25) is 0 Å². The Hall–Kier alpha value is -0.376. The van der Waals surface area contributed by atoms with Gasteiger partial charge in [0, 0.05) is 6.42 Å². The van der Waals surface area contributed by atoms with Gasteiger partial charge in [0.15, 0.2) is 8.32 Å². The Morgan fingerprint density at radius 2 is 1.67 bits per heavy atom. The summed E-state index contributed by atoms with van der Waals surface area (Å²) in [5.74, 6) is 3.18. The predicted molar refractivity (Wildman–Crippen MR) is 83.9 cm³/mol. The molecule has 0 heterocycles. The van der Waals surface area contributed by atoms with Crippen molar-refractivity contribution in [3.8, 4) is 11.5 Å². The van der Waals surface area contributed by atoms with Crippen LogP contribution in [0.5, 0.6) is 0 Å². The Morgan fingerprint density at radius 3 is 2.00 bits per heavy atom. The molecule has 0 bridgehead atoms. The number of carbonyl (C=O) groups excluding carboxylic acids is 1. The van der Waals surface area contributed by atoms with Crippen LogP contribution in [0.3, 0.4) is 0 Å². The van der Waals surface area contributed by atoms with Crippen molar-refractivity contribution in [1.82, 2.24) is 0 Å². The second-order valence-electron chi connectivity index (χ2n) is 7.29. The highest BCUT2D eigenvalue weighted by molar-refractivity contribution is 6.83. The van der Waals surface area contributed by atoms with Crippen molar-refractivity contribution < 1.29 is 9.22 Å². The standard InChI is InChI=1S/C14H28O2Si2/c1-14(2,3)18(7,8)16-13(9-11-15)10-12-17(4,5)6/h11,13H,9H2,1-8H3/t13-/m0/s1. The lowest BCUT2D eigenvalue weighted by Gasteiger charge is -2.37. The van der Waals surface area contributed by atoms with Gasteiger partial charge in [-0.25, -0.2) is 0 Å². The first kappa shape index (κ1) is 17.6. The molecule has 0 saturated heterocycles. The fraction of sp³-hybridized carbons (Fsp3) is 0.786. The van der Waals surface area contributed by atoms with Crippen molar-refractivity contribution in [3.05, 3.63) is 0 Å². The van der Waals surface area contributed by atoms with Crippen molar-refractivity contribution >= 4 is 22.7 Å². The lowest BCUT2D eigenvalue weighted by molar-refractivity contribution is -0.108. The summed E-state index contributed by atoms with van der Waals surface area (Å²) < 4.78 is 6.19. The molecule has 0 aliphatic rings. The second kappa shape index (κ2) is 6.18. The Balaban J connectivity index is 4.94. The molecule has 4 heteroatoms. The molecular weight excluding hydrogens is 256 g/mol. The van der Waals surface area contributed by atoms with Gasteiger partial charge in [0.2, 0.25) is 0 Å². The van der Waals surface area contributed by atoms with Gasteiger partial charge in [-0.05, 0) is 18.1 Å². The van der Waals surface area contributed by atoms with Crippen LogP contribution in [0.15, 0.2) is 0 Å². The normalized spacial score (nSPS) is 14.7. The molecule has 0 amide bonds. The topological polar surface area (TPSA) is 26.3 Å². The van der Waals surface area contributed by atoms with E-state index >= 15 is 0 Å². The predicted octanol–water partition coefficient (Wildman–Crippen LogP) is 3.85. The minimum atomic E-state index is -1.85. The Kier molecular flexibility index (Phi) is 6.05. The zero-order valence-corrected chi connectivity index (χ0v) is 15.2. The Morgan fingerprint density at radius 1 is 1.17 bits per heavy atom. The number of aldehydes is 1. The molecule has 0 spiro atoms. The van der Waals surface area contributed by atoms with Crippen molar-refractivity contribution in [3.63, 3.8) is 0 Å². The molecule has 0 aliphatic heterocycles. The summed E-state index contributed by atoms with van der Waals surface area (Å²) >= 11 is 0. The summed E-state index contributed by atoms with van der Waals surface area (Å²) in [6.07, 6.45) is 1.07. The molecule has 18 heavy (non-hydrogen) atoms. The molecular formula is C14H28O2Si2. The molecule has 0 unspecified atom stereocenters. The van der Waals surface area contributed by atoms with E-state index in [0.717, 1.165) is 6.29 Å². The van der Waals surface area contributed by atoms with Gasteiger partial charge < -0.3 is 9.22 Å². The molecule has 0 saturated carbocycles. The highest BCUT2D eigenvalue weighted by atomic mass is 28.4. The average molecular weight is 285 g/mol. The van der Waals surface area contributed by atoms with Gasteiger partial charge in [-0.15, -0.1) is 5.54 Å².